The Labute approximate surface area is 78.2 Å². The molecule has 0 unspecified atom stereocenters. The lowest BCUT2D eigenvalue weighted by Crippen LogP contribution is -2.05. The van der Waals surface area contributed by atoms with Crippen LogP contribution in [0.1, 0.15) is 0 Å². The standard InChI is InChI=1S/C8H5ClN2O2/c9-7-3-2-6(13-7)5-1-4-8(12)11-10-5/h1-4H,(H,11,12). The molecule has 2 rings (SSSR count). The van der Waals surface area contributed by atoms with Gasteiger partial charge >= 0.3 is 0 Å². The van der Waals surface area contributed by atoms with Gasteiger partial charge < -0.3 is 4.42 Å². The summed E-state index contributed by atoms with van der Waals surface area (Å²) in [6.07, 6.45) is 0. The Morgan fingerprint density at radius 1 is 1.31 bits per heavy atom. The van der Waals surface area contributed by atoms with E-state index in [1.165, 1.54) is 6.07 Å². The van der Waals surface area contributed by atoms with Gasteiger partial charge in [-0.1, -0.05) is 0 Å². The molecule has 0 aromatic carbocycles. The quantitative estimate of drug-likeness (QED) is 0.755. The fourth-order valence-electron chi connectivity index (χ4n) is 0.934. The molecular weight excluding hydrogens is 192 g/mol. The van der Waals surface area contributed by atoms with Crippen molar-refractivity contribution < 1.29 is 4.42 Å². The number of aromatic nitrogens is 2. The zero-order valence-electron chi connectivity index (χ0n) is 6.45. The van der Waals surface area contributed by atoms with E-state index >= 15 is 0 Å². The SMILES string of the molecule is O=c1ccc(-c2ccc(Cl)o2)n[nH]1. The molecule has 0 atom stereocenters. The summed E-state index contributed by atoms with van der Waals surface area (Å²) < 4.78 is 5.09. The lowest BCUT2D eigenvalue weighted by molar-refractivity contribution is 0.580. The van der Waals surface area contributed by atoms with Gasteiger partial charge in [0.1, 0.15) is 5.69 Å². The van der Waals surface area contributed by atoms with Crippen LogP contribution in [0.4, 0.5) is 0 Å². The van der Waals surface area contributed by atoms with Gasteiger partial charge in [-0.25, -0.2) is 5.10 Å². The highest BCUT2D eigenvalue weighted by Crippen LogP contribution is 2.21. The first-order valence-corrected chi connectivity index (χ1v) is 3.95. The van der Waals surface area contributed by atoms with Crippen molar-refractivity contribution in [3.8, 4) is 11.5 Å². The molecule has 2 aromatic rings. The molecule has 5 heteroatoms. The molecule has 0 saturated carbocycles. The largest absolute Gasteiger partial charge is 0.443 e. The van der Waals surface area contributed by atoms with Crippen molar-refractivity contribution in [2.24, 2.45) is 0 Å². The molecule has 0 aliphatic heterocycles. The number of aromatic amines is 1. The van der Waals surface area contributed by atoms with Crippen LogP contribution in [0.3, 0.4) is 0 Å². The van der Waals surface area contributed by atoms with E-state index in [1.807, 2.05) is 0 Å². The van der Waals surface area contributed by atoms with Crippen LogP contribution >= 0.6 is 11.6 Å². The molecule has 2 aromatic heterocycles. The minimum atomic E-state index is -0.249. The van der Waals surface area contributed by atoms with E-state index in [0.717, 1.165) is 0 Å². The molecule has 1 N–H and O–H groups in total. The first-order chi connectivity index (χ1) is 6.25. The minimum absolute atomic E-state index is 0.249. The van der Waals surface area contributed by atoms with E-state index in [4.69, 9.17) is 16.0 Å². The fraction of sp³-hybridized carbons (Fsp3) is 0. The molecule has 2 heterocycles. The second-order valence-corrected chi connectivity index (χ2v) is 2.78. The lowest BCUT2D eigenvalue weighted by Gasteiger charge is -1.91. The third kappa shape index (κ3) is 1.62. The van der Waals surface area contributed by atoms with Crippen LogP contribution in [0.2, 0.25) is 5.22 Å². The highest BCUT2D eigenvalue weighted by atomic mass is 35.5. The van der Waals surface area contributed by atoms with E-state index in [0.29, 0.717) is 16.7 Å². The smallest absolute Gasteiger partial charge is 0.264 e. The molecule has 0 bridgehead atoms. The lowest BCUT2D eigenvalue weighted by atomic mass is 10.3. The van der Waals surface area contributed by atoms with Crippen LogP contribution in [0.25, 0.3) is 11.5 Å². The summed E-state index contributed by atoms with van der Waals surface area (Å²) in [5, 5.41) is 6.37. The van der Waals surface area contributed by atoms with Crippen LogP contribution in [0.5, 0.6) is 0 Å². The summed E-state index contributed by atoms with van der Waals surface area (Å²) in [6, 6.07) is 6.24. The molecule has 0 aliphatic carbocycles. The number of hydrogen-bond acceptors (Lipinski definition) is 3. The first kappa shape index (κ1) is 8.07. The molecule has 0 amide bonds. The van der Waals surface area contributed by atoms with E-state index in [-0.39, 0.29) is 5.56 Å². The van der Waals surface area contributed by atoms with Crippen LogP contribution in [0.15, 0.2) is 33.5 Å². The second-order valence-electron chi connectivity index (χ2n) is 2.41. The summed E-state index contributed by atoms with van der Waals surface area (Å²) in [4.78, 5) is 10.7. The number of H-pyrrole nitrogens is 1. The summed E-state index contributed by atoms with van der Waals surface area (Å²) in [6.45, 7) is 0. The number of nitrogens with zero attached hydrogens (tertiary/aromatic N) is 1. The van der Waals surface area contributed by atoms with Gasteiger partial charge in [-0.2, -0.15) is 5.10 Å². The maximum Gasteiger partial charge on any atom is 0.264 e. The van der Waals surface area contributed by atoms with Gasteiger partial charge in [0.2, 0.25) is 0 Å². The Morgan fingerprint density at radius 2 is 2.15 bits per heavy atom. The predicted octanol–water partition coefficient (Wildman–Crippen LogP) is 1.68. The molecule has 4 nitrogen and oxygen atoms in total. The fourth-order valence-corrected chi connectivity index (χ4v) is 1.08. The zero-order valence-corrected chi connectivity index (χ0v) is 7.21. The number of nitrogens with one attached hydrogen (secondary N) is 1. The Hall–Kier alpha value is -1.55. The third-order valence-corrected chi connectivity index (χ3v) is 1.71. The van der Waals surface area contributed by atoms with Crippen molar-refractivity contribution in [1.29, 1.82) is 0 Å². The van der Waals surface area contributed by atoms with Crippen molar-refractivity contribution in [2.75, 3.05) is 0 Å². The number of furan rings is 1. The summed E-state index contributed by atoms with van der Waals surface area (Å²) >= 11 is 5.58. The Bertz CT molecular complexity index is 454. The van der Waals surface area contributed by atoms with Gasteiger partial charge in [-0.3, -0.25) is 4.79 Å². The van der Waals surface area contributed by atoms with Gasteiger partial charge in [-0.05, 0) is 29.8 Å². The van der Waals surface area contributed by atoms with Crippen molar-refractivity contribution in [2.45, 2.75) is 0 Å². The van der Waals surface area contributed by atoms with E-state index in [2.05, 4.69) is 10.2 Å². The Kier molecular flexibility index (Phi) is 1.90. The van der Waals surface area contributed by atoms with Crippen LogP contribution < -0.4 is 5.56 Å². The normalized spacial score (nSPS) is 10.2. The minimum Gasteiger partial charge on any atom is -0.443 e. The molecule has 66 valence electrons. The maximum atomic E-state index is 10.7. The molecule has 13 heavy (non-hydrogen) atoms. The zero-order chi connectivity index (χ0) is 9.26. The molecule has 0 saturated heterocycles. The highest BCUT2D eigenvalue weighted by molar-refractivity contribution is 6.28. The molecule has 0 aliphatic rings. The van der Waals surface area contributed by atoms with E-state index in [9.17, 15) is 4.79 Å². The van der Waals surface area contributed by atoms with Gasteiger partial charge in [0.05, 0.1) is 0 Å². The van der Waals surface area contributed by atoms with Crippen molar-refractivity contribution in [3.63, 3.8) is 0 Å². The van der Waals surface area contributed by atoms with Crippen LogP contribution in [0, 0.1) is 0 Å². The highest BCUT2D eigenvalue weighted by Gasteiger charge is 2.03. The molecule has 0 radical (unpaired) electrons. The van der Waals surface area contributed by atoms with Crippen molar-refractivity contribution >= 4 is 11.6 Å². The summed E-state index contributed by atoms with van der Waals surface area (Å²) in [5.41, 5.74) is 0.299. The maximum absolute atomic E-state index is 10.7. The number of hydrogen-bond donors (Lipinski definition) is 1. The monoisotopic (exact) mass is 196 g/mol. The third-order valence-electron chi connectivity index (χ3n) is 1.50. The summed E-state index contributed by atoms with van der Waals surface area (Å²) in [7, 11) is 0. The van der Waals surface area contributed by atoms with Crippen molar-refractivity contribution in [3.05, 3.63) is 39.8 Å². The Balaban J connectivity index is 2.47. The van der Waals surface area contributed by atoms with Gasteiger partial charge in [0.25, 0.3) is 5.56 Å². The molecule has 0 fully saturated rings. The van der Waals surface area contributed by atoms with Crippen LogP contribution in [-0.2, 0) is 0 Å². The number of rotatable bonds is 1. The van der Waals surface area contributed by atoms with Gasteiger partial charge in [-0.15, -0.1) is 0 Å². The predicted molar refractivity (Wildman–Crippen MR) is 47.6 cm³/mol. The van der Waals surface area contributed by atoms with E-state index < -0.39 is 0 Å². The average Bonchev–Trinajstić information content (AvgIpc) is 2.53. The molecule has 0 spiro atoms. The van der Waals surface area contributed by atoms with E-state index in [1.54, 1.807) is 18.2 Å². The number of halogens is 1. The first-order valence-electron chi connectivity index (χ1n) is 3.57. The van der Waals surface area contributed by atoms with Gasteiger partial charge in [0, 0.05) is 6.07 Å². The Morgan fingerprint density at radius 3 is 2.69 bits per heavy atom. The van der Waals surface area contributed by atoms with Crippen molar-refractivity contribution in [1.82, 2.24) is 10.2 Å². The molecular formula is C8H5ClN2O2. The second kappa shape index (κ2) is 3.06. The van der Waals surface area contributed by atoms with Crippen LogP contribution in [-0.4, -0.2) is 10.2 Å². The van der Waals surface area contributed by atoms with Gasteiger partial charge in [0.15, 0.2) is 11.0 Å². The average molecular weight is 197 g/mol. The topological polar surface area (TPSA) is 58.9 Å². The summed E-state index contributed by atoms with van der Waals surface area (Å²) in [5.74, 6) is 0.529.